The Morgan fingerprint density at radius 3 is 2.14 bits per heavy atom. The fourth-order valence-corrected chi connectivity index (χ4v) is 3.11. The molecule has 5 heteroatoms. The minimum Gasteiger partial charge on any atom is -0.444 e. The molecule has 0 bridgehead atoms. The third-order valence-corrected chi connectivity index (χ3v) is 4.59. The average Bonchev–Trinajstić information content (AvgIpc) is 2.66. The van der Waals surface area contributed by atoms with Crippen molar-refractivity contribution in [1.82, 2.24) is 10.2 Å². The largest absolute Gasteiger partial charge is 0.444 e. The first-order valence-electron chi connectivity index (χ1n) is 10.2. The van der Waals surface area contributed by atoms with Gasteiger partial charge in [-0.3, -0.25) is 0 Å². The zero-order valence-corrected chi connectivity index (χ0v) is 18.0. The van der Waals surface area contributed by atoms with Gasteiger partial charge in [0, 0.05) is 13.1 Å². The molecule has 2 aromatic carbocycles. The normalized spacial score (nSPS) is 13.7. The molecule has 0 aliphatic rings. The first kappa shape index (κ1) is 22.9. The van der Waals surface area contributed by atoms with Crippen LogP contribution in [0.15, 0.2) is 60.7 Å². The molecule has 2 aromatic rings. The number of benzene rings is 2. The fraction of sp³-hybridized carbons (Fsp3) is 0.458. The van der Waals surface area contributed by atoms with Crippen molar-refractivity contribution in [2.75, 3.05) is 20.1 Å². The first-order valence-corrected chi connectivity index (χ1v) is 10.2. The SMILES string of the molecule is CN(CCc1ccccc1)C[C@H](O)[C@@H](Cc1ccccc1)NC(=O)OC(C)(C)C. The summed E-state index contributed by atoms with van der Waals surface area (Å²) in [4.78, 5) is 14.4. The molecule has 0 saturated heterocycles. The molecule has 0 aromatic heterocycles. The number of likely N-dealkylation sites (N-methyl/N-ethyl adjacent to an activating group) is 1. The van der Waals surface area contributed by atoms with Crippen molar-refractivity contribution in [1.29, 1.82) is 0 Å². The number of aliphatic hydroxyl groups is 1. The topological polar surface area (TPSA) is 61.8 Å². The summed E-state index contributed by atoms with van der Waals surface area (Å²) in [6.07, 6.45) is 0.216. The molecule has 5 nitrogen and oxygen atoms in total. The lowest BCUT2D eigenvalue weighted by molar-refractivity contribution is 0.0381. The number of hydrogen-bond acceptors (Lipinski definition) is 4. The van der Waals surface area contributed by atoms with Gasteiger partial charge in [-0.25, -0.2) is 4.79 Å². The van der Waals surface area contributed by atoms with E-state index in [2.05, 4.69) is 22.3 Å². The molecule has 0 heterocycles. The maximum atomic E-state index is 12.3. The Bertz CT molecular complexity index is 729. The van der Waals surface area contributed by atoms with Gasteiger partial charge in [0.05, 0.1) is 12.1 Å². The van der Waals surface area contributed by atoms with Gasteiger partial charge >= 0.3 is 6.09 Å². The third kappa shape index (κ3) is 9.11. The van der Waals surface area contributed by atoms with Crippen molar-refractivity contribution in [3.8, 4) is 0 Å². The number of alkyl carbamates (subject to hydrolysis) is 1. The third-order valence-electron chi connectivity index (χ3n) is 4.59. The Kier molecular flexibility index (Phi) is 8.68. The molecule has 2 atom stereocenters. The van der Waals surface area contributed by atoms with Crippen LogP contribution in [-0.4, -0.2) is 54.0 Å². The zero-order valence-electron chi connectivity index (χ0n) is 18.0. The summed E-state index contributed by atoms with van der Waals surface area (Å²) in [7, 11) is 1.99. The molecule has 158 valence electrons. The lowest BCUT2D eigenvalue weighted by Crippen LogP contribution is -2.50. The van der Waals surface area contributed by atoms with E-state index in [9.17, 15) is 9.90 Å². The molecule has 0 aliphatic carbocycles. The highest BCUT2D eigenvalue weighted by atomic mass is 16.6. The second-order valence-electron chi connectivity index (χ2n) is 8.51. The van der Waals surface area contributed by atoms with Crippen LogP contribution in [0.1, 0.15) is 31.9 Å². The van der Waals surface area contributed by atoms with E-state index >= 15 is 0 Å². The van der Waals surface area contributed by atoms with Crippen molar-refractivity contribution in [2.45, 2.75) is 51.4 Å². The van der Waals surface area contributed by atoms with Gasteiger partial charge in [-0.15, -0.1) is 0 Å². The van der Waals surface area contributed by atoms with Gasteiger partial charge in [-0.05, 0) is 51.8 Å². The van der Waals surface area contributed by atoms with Crippen LogP contribution in [0.3, 0.4) is 0 Å². The summed E-state index contributed by atoms with van der Waals surface area (Å²) in [5.41, 5.74) is 1.74. The second-order valence-corrected chi connectivity index (χ2v) is 8.51. The van der Waals surface area contributed by atoms with Crippen LogP contribution < -0.4 is 5.32 Å². The van der Waals surface area contributed by atoms with Crippen molar-refractivity contribution < 1.29 is 14.6 Å². The number of rotatable bonds is 9. The summed E-state index contributed by atoms with van der Waals surface area (Å²) in [6.45, 7) is 6.76. The summed E-state index contributed by atoms with van der Waals surface area (Å²) in [5.74, 6) is 0. The van der Waals surface area contributed by atoms with E-state index < -0.39 is 23.8 Å². The van der Waals surface area contributed by atoms with Crippen LogP contribution in [0.25, 0.3) is 0 Å². The highest BCUT2D eigenvalue weighted by Crippen LogP contribution is 2.11. The van der Waals surface area contributed by atoms with E-state index in [4.69, 9.17) is 4.74 Å². The quantitative estimate of drug-likeness (QED) is 0.677. The number of aliphatic hydroxyl groups excluding tert-OH is 1. The van der Waals surface area contributed by atoms with E-state index in [0.29, 0.717) is 13.0 Å². The molecule has 0 radical (unpaired) electrons. The predicted octanol–water partition coefficient (Wildman–Crippen LogP) is 3.66. The maximum absolute atomic E-state index is 12.3. The fourth-order valence-electron chi connectivity index (χ4n) is 3.11. The maximum Gasteiger partial charge on any atom is 0.407 e. The zero-order chi connectivity index (χ0) is 21.3. The number of nitrogens with zero attached hydrogens (tertiary/aromatic N) is 1. The van der Waals surface area contributed by atoms with E-state index in [0.717, 1.165) is 18.5 Å². The Labute approximate surface area is 174 Å². The molecule has 1 amide bonds. The summed E-state index contributed by atoms with van der Waals surface area (Å²) in [6, 6.07) is 19.7. The lowest BCUT2D eigenvalue weighted by Gasteiger charge is -2.29. The molecular weight excluding hydrogens is 364 g/mol. The number of carbonyl (C=O) groups is 1. The molecule has 0 saturated carbocycles. The number of ether oxygens (including phenoxy) is 1. The second kappa shape index (κ2) is 11.0. The van der Waals surface area contributed by atoms with Gasteiger partial charge in [0.25, 0.3) is 0 Å². The van der Waals surface area contributed by atoms with E-state index in [-0.39, 0.29) is 0 Å². The molecule has 2 N–H and O–H groups in total. The van der Waals surface area contributed by atoms with Crippen LogP contribution in [0, 0.1) is 0 Å². The minimum atomic E-state index is -0.719. The first-order chi connectivity index (χ1) is 13.7. The molecule has 0 fully saturated rings. The number of hydrogen-bond donors (Lipinski definition) is 2. The lowest BCUT2D eigenvalue weighted by atomic mass is 10.0. The van der Waals surface area contributed by atoms with Crippen LogP contribution in [0.5, 0.6) is 0 Å². The number of carbonyl (C=O) groups excluding carboxylic acids is 1. The molecule has 0 spiro atoms. The molecule has 2 rings (SSSR count). The standard InChI is InChI=1S/C24H34N2O3/c1-24(2,3)29-23(28)25-21(17-20-13-9-6-10-14-20)22(27)18-26(4)16-15-19-11-7-5-8-12-19/h5-14,21-22,27H,15-18H2,1-4H3,(H,25,28)/t21-,22+/m1/s1. The molecule has 0 aliphatic heterocycles. The van der Waals surface area contributed by atoms with Gasteiger partial charge in [0.1, 0.15) is 5.60 Å². The Hall–Kier alpha value is -2.37. The highest BCUT2D eigenvalue weighted by Gasteiger charge is 2.25. The van der Waals surface area contributed by atoms with Crippen LogP contribution in [-0.2, 0) is 17.6 Å². The van der Waals surface area contributed by atoms with Crippen LogP contribution >= 0.6 is 0 Å². The van der Waals surface area contributed by atoms with Gasteiger partial charge in [0.15, 0.2) is 0 Å². The Balaban J connectivity index is 1.96. The highest BCUT2D eigenvalue weighted by molar-refractivity contribution is 5.68. The predicted molar refractivity (Wildman–Crippen MR) is 117 cm³/mol. The van der Waals surface area contributed by atoms with Crippen molar-refractivity contribution in [3.05, 3.63) is 71.8 Å². The number of amides is 1. The Morgan fingerprint density at radius 1 is 1.03 bits per heavy atom. The minimum absolute atomic E-state index is 0.438. The van der Waals surface area contributed by atoms with E-state index in [1.807, 2.05) is 76.3 Å². The van der Waals surface area contributed by atoms with E-state index in [1.165, 1.54) is 5.56 Å². The monoisotopic (exact) mass is 398 g/mol. The average molecular weight is 399 g/mol. The summed E-state index contributed by atoms with van der Waals surface area (Å²) < 4.78 is 5.39. The molecular formula is C24H34N2O3. The smallest absolute Gasteiger partial charge is 0.407 e. The van der Waals surface area contributed by atoms with Gasteiger partial charge in [-0.2, -0.15) is 0 Å². The summed E-state index contributed by atoms with van der Waals surface area (Å²) >= 11 is 0. The van der Waals surface area contributed by atoms with Crippen molar-refractivity contribution >= 4 is 6.09 Å². The summed E-state index contributed by atoms with van der Waals surface area (Å²) in [5, 5.41) is 13.7. The van der Waals surface area contributed by atoms with Gasteiger partial charge < -0.3 is 20.1 Å². The van der Waals surface area contributed by atoms with Crippen LogP contribution in [0.4, 0.5) is 4.79 Å². The molecule has 29 heavy (non-hydrogen) atoms. The van der Waals surface area contributed by atoms with Crippen LogP contribution in [0.2, 0.25) is 0 Å². The van der Waals surface area contributed by atoms with Crippen molar-refractivity contribution in [3.63, 3.8) is 0 Å². The Morgan fingerprint density at radius 2 is 1.59 bits per heavy atom. The molecule has 0 unspecified atom stereocenters. The van der Waals surface area contributed by atoms with Gasteiger partial charge in [-0.1, -0.05) is 60.7 Å². The van der Waals surface area contributed by atoms with E-state index in [1.54, 1.807) is 0 Å². The van der Waals surface area contributed by atoms with Gasteiger partial charge in [0.2, 0.25) is 0 Å². The van der Waals surface area contributed by atoms with Crippen molar-refractivity contribution in [2.24, 2.45) is 0 Å². The number of nitrogens with one attached hydrogen (secondary N) is 1.